The molecule has 1 heterocycles. The van der Waals surface area contributed by atoms with Crippen molar-refractivity contribution >= 4 is 15.9 Å². The first-order chi connectivity index (χ1) is 11.7. The van der Waals surface area contributed by atoms with E-state index in [0.717, 1.165) is 15.6 Å². The Kier molecular flexibility index (Phi) is 4.71. The molecule has 0 saturated carbocycles. The standard InChI is InChI=1S/C17H15BrN2O4/c1-21-13-7-5-11(18)9-12(13)16-19-17(24-20-16)10-4-6-14(22-2)15(8-10)23-3/h4-9H,1-3H3. The van der Waals surface area contributed by atoms with Crippen LogP contribution in [-0.4, -0.2) is 31.5 Å². The van der Waals surface area contributed by atoms with Crippen molar-refractivity contribution in [3.63, 3.8) is 0 Å². The molecule has 0 bridgehead atoms. The van der Waals surface area contributed by atoms with E-state index in [9.17, 15) is 0 Å². The number of benzene rings is 2. The monoisotopic (exact) mass is 390 g/mol. The highest BCUT2D eigenvalue weighted by atomic mass is 79.9. The van der Waals surface area contributed by atoms with Crippen LogP contribution < -0.4 is 14.2 Å². The molecule has 0 aliphatic rings. The number of aromatic nitrogens is 2. The van der Waals surface area contributed by atoms with Crippen molar-refractivity contribution < 1.29 is 18.7 Å². The SMILES string of the molecule is COc1ccc(-c2nc(-c3cc(Br)ccc3OC)no2)cc1OC. The van der Waals surface area contributed by atoms with Gasteiger partial charge in [-0.25, -0.2) is 0 Å². The number of nitrogens with zero attached hydrogens (tertiary/aromatic N) is 2. The largest absolute Gasteiger partial charge is 0.496 e. The topological polar surface area (TPSA) is 66.6 Å². The Labute approximate surface area is 147 Å². The smallest absolute Gasteiger partial charge is 0.258 e. The van der Waals surface area contributed by atoms with E-state index in [1.165, 1.54) is 0 Å². The van der Waals surface area contributed by atoms with Crippen molar-refractivity contribution in [3.8, 4) is 40.1 Å². The molecule has 0 aliphatic carbocycles. The first-order valence-corrected chi connectivity index (χ1v) is 7.85. The minimum absolute atomic E-state index is 0.382. The Balaban J connectivity index is 2.01. The third-order valence-electron chi connectivity index (χ3n) is 3.46. The quantitative estimate of drug-likeness (QED) is 0.650. The van der Waals surface area contributed by atoms with Gasteiger partial charge in [0.15, 0.2) is 11.5 Å². The van der Waals surface area contributed by atoms with Crippen LogP contribution in [0, 0.1) is 0 Å². The molecule has 0 N–H and O–H groups in total. The summed E-state index contributed by atoms with van der Waals surface area (Å²) in [5, 5.41) is 4.05. The molecule has 124 valence electrons. The van der Waals surface area contributed by atoms with Gasteiger partial charge in [0.05, 0.1) is 26.9 Å². The maximum Gasteiger partial charge on any atom is 0.258 e. The molecular formula is C17H15BrN2O4. The van der Waals surface area contributed by atoms with Gasteiger partial charge in [-0.1, -0.05) is 21.1 Å². The molecule has 1 aromatic heterocycles. The zero-order valence-corrected chi connectivity index (χ0v) is 15.0. The maximum absolute atomic E-state index is 5.39. The van der Waals surface area contributed by atoms with Crippen LogP contribution in [0.1, 0.15) is 0 Å². The number of rotatable bonds is 5. The van der Waals surface area contributed by atoms with Gasteiger partial charge in [0.2, 0.25) is 5.82 Å². The van der Waals surface area contributed by atoms with Crippen LogP contribution in [0.15, 0.2) is 45.4 Å². The minimum Gasteiger partial charge on any atom is -0.496 e. The first kappa shape index (κ1) is 16.3. The van der Waals surface area contributed by atoms with E-state index in [2.05, 4.69) is 26.1 Å². The molecular weight excluding hydrogens is 376 g/mol. The molecule has 3 rings (SSSR count). The van der Waals surface area contributed by atoms with Crippen LogP contribution in [-0.2, 0) is 0 Å². The summed E-state index contributed by atoms with van der Waals surface area (Å²) in [5.41, 5.74) is 1.47. The Morgan fingerprint density at radius 2 is 1.58 bits per heavy atom. The average molecular weight is 391 g/mol. The van der Waals surface area contributed by atoms with Gasteiger partial charge in [-0.05, 0) is 36.4 Å². The first-order valence-electron chi connectivity index (χ1n) is 7.06. The molecule has 0 fully saturated rings. The predicted molar refractivity (Wildman–Crippen MR) is 92.5 cm³/mol. The van der Waals surface area contributed by atoms with Crippen LogP contribution in [0.25, 0.3) is 22.8 Å². The lowest BCUT2D eigenvalue weighted by atomic mass is 10.2. The highest BCUT2D eigenvalue weighted by Gasteiger charge is 2.16. The molecule has 2 aromatic carbocycles. The van der Waals surface area contributed by atoms with E-state index in [1.807, 2.05) is 24.3 Å². The molecule has 7 heteroatoms. The lowest BCUT2D eigenvalue weighted by molar-refractivity contribution is 0.355. The number of halogens is 1. The van der Waals surface area contributed by atoms with Gasteiger partial charge < -0.3 is 18.7 Å². The number of hydrogen-bond donors (Lipinski definition) is 0. The van der Waals surface area contributed by atoms with E-state index in [-0.39, 0.29) is 0 Å². The fourth-order valence-electron chi connectivity index (χ4n) is 2.27. The van der Waals surface area contributed by atoms with Crippen molar-refractivity contribution in [3.05, 3.63) is 40.9 Å². The van der Waals surface area contributed by atoms with Crippen molar-refractivity contribution in [1.29, 1.82) is 0 Å². The van der Waals surface area contributed by atoms with Gasteiger partial charge in [-0.15, -0.1) is 0 Å². The third-order valence-corrected chi connectivity index (χ3v) is 3.95. The van der Waals surface area contributed by atoms with Crippen molar-refractivity contribution in [2.45, 2.75) is 0 Å². The van der Waals surface area contributed by atoms with Gasteiger partial charge in [-0.2, -0.15) is 4.98 Å². The molecule has 0 aliphatic heterocycles. The van der Waals surface area contributed by atoms with Crippen LogP contribution >= 0.6 is 15.9 Å². The van der Waals surface area contributed by atoms with Crippen LogP contribution in [0.5, 0.6) is 17.2 Å². The van der Waals surface area contributed by atoms with Crippen molar-refractivity contribution in [2.24, 2.45) is 0 Å². The van der Waals surface area contributed by atoms with Crippen LogP contribution in [0.3, 0.4) is 0 Å². The van der Waals surface area contributed by atoms with Gasteiger partial charge >= 0.3 is 0 Å². The predicted octanol–water partition coefficient (Wildman–Crippen LogP) is 4.19. The Hall–Kier alpha value is -2.54. The maximum atomic E-state index is 5.39. The van der Waals surface area contributed by atoms with Gasteiger partial charge in [0.25, 0.3) is 5.89 Å². The Bertz CT molecular complexity index is 864. The lowest BCUT2D eigenvalue weighted by Gasteiger charge is -2.07. The molecule has 0 saturated heterocycles. The second kappa shape index (κ2) is 6.92. The summed E-state index contributed by atoms with van der Waals surface area (Å²) in [6.45, 7) is 0. The molecule has 0 unspecified atom stereocenters. The average Bonchev–Trinajstić information content (AvgIpc) is 3.11. The molecule has 0 spiro atoms. The Morgan fingerprint density at radius 1 is 0.875 bits per heavy atom. The molecule has 24 heavy (non-hydrogen) atoms. The summed E-state index contributed by atoms with van der Waals surface area (Å²) in [6.07, 6.45) is 0. The summed E-state index contributed by atoms with van der Waals surface area (Å²) >= 11 is 3.44. The highest BCUT2D eigenvalue weighted by molar-refractivity contribution is 9.10. The zero-order valence-electron chi connectivity index (χ0n) is 13.4. The lowest BCUT2D eigenvalue weighted by Crippen LogP contribution is -1.91. The van der Waals surface area contributed by atoms with E-state index < -0.39 is 0 Å². The fraction of sp³-hybridized carbons (Fsp3) is 0.176. The van der Waals surface area contributed by atoms with Crippen molar-refractivity contribution in [1.82, 2.24) is 10.1 Å². The number of methoxy groups -OCH3 is 3. The highest BCUT2D eigenvalue weighted by Crippen LogP contribution is 2.34. The summed E-state index contributed by atoms with van der Waals surface area (Å²) in [7, 11) is 4.76. The van der Waals surface area contributed by atoms with Gasteiger partial charge in [-0.3, -0.25) is 0 Å². The second-order valence-electron chi connectivity index (χ2n) is 4.84. The molecule has 6 nitrogen and oxygen atoms in total. The van der Waals surface area contributed by atoms with Crippen molar-refractivity contribution in [2.75, 3.05) is 21.3 Å². The third kappa shape index (κ3) is 3.07. The summed E-state index contributed by atoms with van der Waals surface area (Å²) in [4.78, 5) is 4.46. The van der Waals surface area contributed by atoms with E-state index in [1.54, 1.807) is 33.5 Å². The normalized spacial score (nSPS) is 10.5. The van der Waals surface area contributed by atoms with E-state index in [0.29, 0.717) is 29.0 Å². The minimum atomic E-state index is 0.382. The molecule has 0 radical (unpaired) electrons. The molecule has 0 amide bonds. The number of ether oxygens (including phenoxy) is 3. The van der Waals surface area contributed by atoms with Gasteiger partial charge in [0, 0.05) is 10.0 Å². The zero-order chi connectivity index (χ0) is 17.1. The van der Waals surface area contributed by atoms with Crippen LogP contribution in [0.2, 0.25) is 0 Å². The fourth-order valence-corrected chi connectivity index (χ4v) is 2.64. The van der Waals surface area contributed by atoms with Gasteiger partial charge in [0.1, 0.15) is 5.75 Å². The van der Waals surface area contributed by atoms with E-state index >= 15 is 0 Å². The summed E-state index contributed by atoms with van der Waals surface area (Å²) in [6, 6.07) is 11.0. The summed E-state index contributed by atoms with van der Waals surface area (Å²) in [5.74, 6) is 2.72. The summed E-state index contributed by atoms with van der Waals surface area (Å²) < 4.78 is 22.2. The van der Waals surface area contributed by atoms with E-state index in [4.69, 9.17) is 18.7 Å². The Morgan fingerprint density at radius 3 is 2.29 bits per heavy atom. The number of hydrogen-bond acceptors (Lipinski definition) is 6. The molecule has 0 atom stereocenters. The van der Waals surface area contributed by atoms with Crippen LogP contribution in [0.4, 0.5) is 0 Å². The molecule has 3 aromatic rings. The second-order valence-corrected chi connectivity index (χ2v) is 5.75.